The van der Waals surface area contributed by atoms with Crippen molar-refractivity contribution in [1.29, 1.82) is 0 Å². The zero-order valence-corrected chi connectivity index (χ0v) is 34.3. The summed E-state index contributed by atoms with van der Waals surface area (Å²) in [6.07, 6.45) is -1.61. The number of aryl methyl sites for hydroxylation is 1. The lowest BCUT2D eigenvalue weighted by Gasteiger charge is -2.29. The second kappa shape index (κ2) is 17.1. The molecule has 0 bridgehead atoms. The molecule has 3 atom stereocenters. The van der Waals surface area contributed by atoms with Gasteiger partial charge in [0.15, 0.2) is 5.82 Å². The number of hydrogen-bond donors (Lipinski definition) is 3. The van der Waals surface area contributed by atoms with Crippen LogP contribution < -0.4 is 16.0 Å². The monoisotopic (exact) mass is 807 g/mol. The van der Waals surface area contributed by atoms with E-state index in [1.165, 1.54) is 17.2 Å². The number of nitrogen functional groups attached to an aromatic ring is 1. The van der Waals surface area contributed by atoms with Gasteiger partial charge in [0.05, 0.1) is 23.3 Å². The molecule has 0 aliphatic heterocycles. The molecule has 3 amide bonds. The number of carbonyl (C=O) groups is 3. The van der Waals surface area contributed by atoms with Crippen molar-refractivity contribution in [2.24, 2.45) is 0 Å². The number of anilines is 3. The van der Waals surface area contributed by atoms with E-state index < -0.39 is 65.1 Å². The fourth-order valence-electron chi connectivity index (χ4n) is 6.29. The van der Waals surface area contributed by atoms with Crippen LogP contribution in [0.2, 0.25) is 0 Å². The van der Waals surface area contributed by atoms with Crippen molar-refractivity contribution in [3.8, 4) is 0 Å². The number of ether oxygens (including phenoxy) is 2. The van der Waals surface area contributed by atoms with Crippen molar-refractivity contribution in [2.75, 3.05) is 29.6 Å². The number of nitrogens with one attached hydrogen (secondary N) is 1. The second-order valence-electron chi connectivity index (χ2n) is 16.2. The van der Waals surface area contributed by atoms with Crippen LogP contribution in [-0.2, 0) is 31.6 Å². The SMILES string of the molecule is Cc1cc(C(Nc2ccc3c(N(C(=O)OC(C)(C)C)C(=O)OC(C)(C)C)nccc3c2)C(=O)N(C)Cc2cc(N)ccc2S(=O)C2CC2)ccc1C(CO)C(F)F. The first kappa shape index (κ1) is 43.0. The number of hydrogen-bond acceptors (Lipinski definition) is 10. The Bertz CT molecular complexity index is 2140. The molecule has 1 saturated carbocycles. The van der Waals surface area contributed by atoms with Crippen LogP contribution in [0.5, 0.6) is 0 Å². The maximum absolute atomic E-state index is 14.5. The van der Waals surface area contributed by atoms with Gasteiger partial charge in [-0.15, -0.1) is 0 Å². The summed E-state index contributed by atoms with van der Waals surface area (Å²) in [6.45, 7) is 11.0. The number of alkyl halides is 2. The Balaban J connectivity index is 1.55. The van der Waals surface area contributed by atoms with Gasteiger partial charge in [0.25, 0.3) is 0 Å². The van der Waals surface area contributed by atoms with E-state index in [-0.39, 0.29) is 23.2 Å². The lowest BCUT2D eigenvalue weighted by Crippen LogP contribution is -2.44. The number of amides is 3. The Morgan fingerprint density at radius 1 is 0.965 bits per heavy atom. The predicted molar refractivity (Wildman–Crippen MR) is 217 cm³/mol. The topological polar surface area (TPSA) is 164 Å². The van der Waals surface area contributed by atoms with Crippen LogP contribution in [-0.4, -0.2) is 73.8 Å². The van der Waals surface area contributed by atoms with Gasteiger partial charge in [-0.25, -0.2) is 23.4 Å². The smallest absolute Gasteiger partial charge is 0.425 e. The van der Waals surface area contributed by atoms with Gasteiger partial charge in [0.2, 0.25) is 12.3 Å². The first-order chi connectivity index (χ1) is 26.7. The molecule has 1 aromatic heterocycles. The number of carbonyl (C=O) groups excluding carboxylic acids is 3. The zero-order chi connectivity index (χ0) is 42.0. The summed E-state index contributed by atoms with van der Waals surface area (Å²) in [5.41, 5.74) is 7.01. The van der Waals surface area contributed by atoms with Crippen LogP contribution in [0.15, 0.2) is 71.8 Å². The van der Waals surface area contributed by atoms with Gasteiger partial charge < -0.3 is 30.5 Å². The molecule has 12 nitrogen and oxygen atoms in total. The Morgan fingerprint density at radius 3 is 2.18 bits per heavy atom. The van der Waals surface area contributed by atoms with E-state index >= 15 is 0 Å². The molecule has 4 N–H and O–H groups in total. The Labute approximate surface area is 334 Å². The molecular weight excluding hydrogens is 757 g/mol. The van der Waals surface area contributed by atoms with Gasteiger partial charge in [-0.3, -0.25) is 9.00 Å². The molecule has 15 heteroatoms. The molecule has 306 valence electrons. The second-order valence-corrected chi connectivity index (χ2v) is 17.9. The number of halogens is 2. The summed E-state index contributed by atoms with van der Waals surface area (Å²) >= 11 is 0. The summed E-state index contributed by atoms with van der Waals surface area (Å²) in [5, 5.41) is 14.0. The normalized spacial score (nSPS) is 14.8. The molecule has 57 heavy (non-hydrogen) atoms. The Hall–Kier alpha value is -5.15. The first-order valence-electron chi connectivity index (χ1n) is 18.6. The van der Waals surface area contributed by atoms with Crippen molar-refractivity contribution in [3.05, 3.63) is 89.1 Å². The maximum atomic E-state index is 14.5. The summed E-state index contributed by atoms with van der Waals surface area (Å²) < 4.78 is 52.1. The van der Waals surface area contributed by atoms with Crippen LogP contribution in [0, 0.1) is 6.92 Å². The van der Waals surface area contributed by atoms with Crippen LogP contribution in [0.4, 0.5) is 35.6 Å². The minimum absolute atomic E-state index is 0.0277. The number of rotatable bonds is 12. The van der Waals surface area contributed by atoms with Gasteiger partial charge in [0, 0.05) is 46.7 Å². The summed E-state index contributed by atoms with van der Waals surface area (Å²) in [5.74, 6) is -1.82. The number of imide groups is 1. The number of fused-ring (bicyclic) bond motifs is 1. The standard InChI is InChI=1S/C42H51F2N5O7S/c1-24-19-26(9-14-31(24)33(23-50)36(43)44)35(38(51)48(8)22-27-20-28(45)10-16-34(27)57(54)30-12-13-30)47-29-11-15-32-25(21-29)17-18-46-37(32)49(39(52)55-41(2,3)4)40(53)56-42(5,6)7/h9-11,14-21,30,33,35-36,47,50H,12-13,22-23,45H2,1-8H3. The molecule has 3 aromatic carbocycles. The van der Waals surface area contributed by atoms with E-state index in [0.29, 0.717) is 43.7 Å². The van der Waals surface area contributed by atoms with Gasteiger partial charge in [-0.05, 0) is 131 Å². The first-order valence-corrected chi connectivity index (χ1v) is 19.8. The number of likely N-dealkylation sites (N-methyl/N-ethyl adjacent to an activating group) is 1. The summed E-state index contributed by atoms with van der Waals surface area (Å²) in [7, 11) is 0.355. The van der Waals surface area contributed by atoms with Crippen molar-refractivity contribution in [3.63, 3.8) is 0 Å². The predicted octanol–water partition coefficient (Wildman–Crippen LogP) is 8.22. The number of aliphatic hydroxyl groups excluding tert-OH is 1. The van der Waals surface area contributed by atoms with Gasteiger partial charge in [-0.1, -0.05) is 18.2 Å². The highest BCUT2D eigenvalue weighted by molar-refractivity contribution is 7.86. The van der Waals surface area contributed by atoms with E-state index in [9.17, 15) is 32.5 Å². The average molecular weight is 808 g/mol. The third-order valence-electron chi connectivity index (χ3n) is 9.10. The molecule has 1 heterocycles. The zero-order valence-electron chi connectivity index (χ0n) is 33.5. The number of aromatic nitrogens is 1. The lowest BCUT2D eigenvalue weighted by atomic mass is 9.92. The molecule has 0 spiro atoms. The van der Waals surface area contributed by atoms with Crippen molar-refractivity contribution in [1.82, 2.24) is 9.88 Å². The van der Waals surface area contributed by atoms with E-state index in [2.05, 4.69) is 10.3 Å². The van der Waals surface area contributed by atoms with E-state index in [4.69, 9.17) is 15.2 Å². The quantitative estimate of drug-likeness (QED) is 0.119. The minimum atomic E-state index is -2.80. The number of benzene rings is 3. The van der Waals surface area contributed by atoms with E-state index in [1.807, 2.05) is 0 Å². The summed E-state index contributed by atoms with van der Waals surface area (Å²) in [4.78, 5) is 48.7. The van der Waals surface area contributed by atoms with Crippen LogP contribution >= 0.6 is 0 Å². The van der Waals surface area contributed by atoms with Crippen molar-refractivity contribution in [2.45, 2.75) is 108 Å². The van der Waals surface area contributed by atoms with Crippen LogP contribution in [0.25, 0.3) is 10.8 Å². The van der Waals surface area contributed by atoms with Gasteiger partial charge in [0.1, 0.15) is 17.2 Å². The van der Waals surface area contributed by atoms with E-state index in [1.54, 1.807) is 110 Å². The van der Waals surface area contributed by atoms with E-state index in [0.717, 1.165) is 17.7 Å². The van der Waals surface area contributed by atoms with Gasteiger partial charge in [-0.2, -0.15) is 4.90 Å². The third-order valence-corrected chi connectivity index (χ3v) is 11.0. The molecule has 4 aromatic rings. The average Bonchev–Trinajstić information content (AvgIpc) is 3.95. The molecule has 0 saturated heterocycles. The molecule has 0 radical (unpaired) electrons. The number of nitrogens with two attached hydrogens (primary N) is 1. The lowest BCUT2D eigenvalue weighted by molar-refractivity contribution is -0.131. The molecule has 1 fully saturated rings. The Morgan fingerprint density at radius 2 is 1.61 bits per heavy atom. The Kier molecular flexibility index (Phi) is 12.9. The summed E-state index contributed by atoms with van der Waals surface area (Å²) in [6, 6.07) is 15.5. The molecular formula is C42H51F2N5O7S. The molecule has 3 unspecified atom stereocenters. The number of nitrogens with zero attached hydrogens (tertiary/aromatic N) is 3. The largest absolute Gasteiger partial charge is 0.443 e. The van der Waals surface area contributed by atoms with Crippen LogP contribution in [0.1, 0.15) is 88.6 Å². The highest BCUT2D eigenvalue weighted by atomic mass is 32.2. The third kappa shape index (κ3) is 10.6. The van der Waals surface area contributed by atoms with Crippen molar-refractivity contribution < 1.29 is 42.0 Å². The molecule has 1 aliphatic carbocycles. The minimum Gasteiger partial charge on any atom is -0.443 e. The maximum Gasteiger partial charge on any atom is 0.425 e. The highest BCUT2D eigenvalue weighted by Crippen LogP contribution is 2.35. The highest BCUT2D eigenvalue weighted by Gasteiger charge is 2.35. The van der Waals surface area contributed by atoms with Crippen molar-refractivity contribution >= 4 is 56.9 Å². The number of pyridine rings is 1. The van der Waals surface area contributed by atoms with Crippen LogP contribution in [0.3, 0.4) is 0 Å². The van der Waals surface area contributed by atoms with Gasteiger partial charge >= 0.3 is 12.2 Å². The molecule has 5 rings (SSSR count). The molecule has 1 aliphatic rings. The number of aliphatic hydroxyl groups is 1. The fourth-order valence-corrected chi connectivity index (χ4v) is 7.80. The fraction of sp³-hybridized carbons (Fsp3) is 0.429.